The van der Waals surface area contributed by atoms with Crippen LogP contribution in [0.1, 0.15) is 28.3 Å². The summed E-state index contributed by atoms with van der Waals surface area (Å²) in [7, 11) is 0. The van der Waals surface area contributed by atoms with Crippen LogP contribution in [0.25, 0.3) is 0 Å². The summed E-state index contributed by atoms with van der Waals surface area (Å²) in [5, 5.41) is 18.5. The molecule has 1 unspecified atom stereocenters. The van der Waals surface area contributed by atoms with Crippen molar-refractivity contribution < 1.29 is 15.0 Å². The molecule has 15 heavy (non-hydrogen) atoms. The minimum Gasteiger partial charge on any atom is -0.507 e. The van der Waals surface area contributed by atoms with Crippen LogP contribution < -0.4 is 5.73 Å². The van der Waals surface area contributed by atoms with Crippen LogP contribution in [0.15, 0.2) is 6.07 Å². The molecule has 4 N–H and O–H groups in total. The van der Waals surface area contributed by atoms with Crippen LogP contribution in [-0.4, -0.2) is 16.2 Å². The molecule has 0 bridgehead atoms. The molecule has 0 fully saturated rings. The largest absolute Gasteiger partial charge is 0.507 e. The van der Waals surface area contributed by atoms with E-state index in [9.17, 15) is 9.90 Å². The highest BCUT2D eigenvalue weighted by atomic mass is 16.4. The number of aliphatic carboxylic acids is 1. The van der Waals surface area contributed by atoms with Crippen molar-refractivity contribution >= 4 is 5.97 Å². The van der Waals surface area contributed by atoms with Gasteiger partial charge in [0, 0.05) is 0 Å². The summed E-state index contributed by atoms with van der Waals surface area (Å²) in [5.74, 6) is -0.864. The van der Waals surface area contributed by atoms with E-state index < -0.39 is 12.0 Å². The van der Waals surface area contributed by atoms with Gasteiger partial charge in [0.1, 0.15) is 11.8 Å². The maximum Gasteiger partial charge on any atom is 0.325 e. The number of aromatic hydroxyl groups is 1. The van der Waals surface area contributed by atoms with E-state index in [1.807, 2.05) is 0 Å². The Morgan fingerprint density at radius 3 is 2.33 bits per heavy atom. The van der Waals surface area contributed by atoms with Gasteiger partial charge in [-0.2, -0.15) is 0 Å². The predicted octanol–water partition coefficient (Wildman–Crippen LogP) is 1.40. The van der Waals surface area contributed by atoms with Gasteiger partial charge in [-0.15, -0.1) is 0 Å². The highest BCUT2D eigenvalue weighted by molar-refractivity contribution is 5.76. The smallest absolute Gasteiger partial charge is 0.325 e. The van der Waals surface area contributed by atoms with Crippen molar-refractivity contribution in [2.45, 2.75) is 26.8 Å². The lowest BCUT2D eigenvalue weighted by Crippen LogP contribution is -2.22. The van der Waals surface area contributed by atoms with Crippen LogP contribution in [0.3, 0.4) is 0 Å². The first kappa shape index (κ1) is 11.5. The number of phenolic OH excluding ortho intramolecular Hbond substituents is 1. The summed E-state index contributed by atoms with van der Waals surface area (Å²) in [5.41, 5.74) is 8.15. The van der Waals surface area contributed by atoms with Crippen LogP contribution in [0, 0.1) is 20.8 Å². The molecule has 0 heterocycles. The van der Waals surface area contributed by atoms with Crippen molar-refractivity contribution in [1.82, 2.24) is 0 Å². The first-order valence-corrected chi connectivity index (χ1v) is 4.64. The minimum atomic E-state index is -1.07. The van der Waals surface area contributed by atoms with E-state index in [0.717, 1.165) is 5.56 Å². The highest BCUT2D eigenvalue weighted by Crippen LogP contribution is 2.29. The first-order valence-electron chi connectivity index (χ1n) is 4.64. The van der Waals surface area contributed by atoms with Crippen LogP contribution >= 0.6 is 0 Å². The van der Waals surface area contributed by atoms with Gasteiger partial charge in [0.2, 0.25) is 0 Å². The second-order valence-electron chi connectivity index (χ2n) is 3.70. The molecule has 1 atom stereocenters. The van der Waals surface area contributed by atoms with Crippen LogP contribution in [0.2, 0.25) is 0 Å². The number of carboxylic acids is 1. The average molecular weight is 209 g/mol. The summed E-state index contributed by atoms with van der Waals surface area (Å²) < 4.78 is 0. The quantitative estimate of drug-likeness (QED) is 0.687. The van der Waals surface area contributed by atoms with Gasteiger partial charge in [0.15, 0.2) is 0 Å². The fraction of sp³-hybridized carbons (Fsp3) is 0.364. The van der Waals surface area contributed by atoms with Gasteiger partial charge in [0.25, 0.3) is 0 Å². The SMILES string of the molecule is Cc1cc(C(N)C(=O)O)c(C)c(C)c1O. The number of rotatable bonds is 2. The van der Waals surface area contributed by atoms with Crippen molar-refractivity contribution in [1.29, 1.82) is 0 Å². The van der Waals surface area contributed by atoms with E-state index in [0.29, 0.717) is 16.7 Å². The Morgan fingerprint density at radius 2 is 1.87 bits per heavy atom. The highest BCUT2D eigenvalue weighted by Gasteiger charge is 2.19. The van der Waals surface area contributed by atoms with Crippen molar-refractivity contribution in [3.05, 3.63) is 28.3 Å². The molecule has 4 nitrogen and oxygen atoms in total. The van der Waals surface area contributed by atoms with Crippen LogP contribution in [-0.2, 0) is 4.79 Å². The summed E-state index contributed by atoms with van der Waals surface area (Å²) >= 11 is 0. The topological polar surface area (TPSA) is 83.6 Å². The van der Waals surface area contributed by atoms with E-state index in [-0.39, 0.29) is 5.75 Å². The molecule has 0 radical (unpaired) electrons. The number of carbonyl (C=O) groups is 1. The lowest BCUT2D eigenvalue weighted by Gasteiger charge is -2.15. The summed E-state index contributed by atoms with van der Waals surface area (Å²) in [6.07, 6.45) is 0. The van der Waals surface area contributed by atoms with Gasteiger partial charge >= 0.3 is 5.97 Å². The average Bonchev–Trinajstić information content (AvgIpc) is 2.19. The second-order valence-corrected chi connectivity index (χ2v) is 3.70. The normalized spacial score (nSPS) is 12.5. The van der Waals surface area contributed by atoms with E-state index in [4.69, 9.17) is 10.8 Å². The monoisotopic (exact) mass is 209 g/mol. The number of hydrogen-bond donors (Lipinski definition) is 3. The Morgan fingerprint density at radius 1 is 1.33 bits per heavy atom. The Balaban J connectivity index is 3.38. The fourth-order valence-electron chi connectivity index (χ4n) is 1.56. The summed E-state index contributed by atoms with van der Waals surface area (Å²) in [6, 6.07) is 0.583. The lowest BCUT2D eigenvalue weighted by atomic mass is 9.94. The first-order chi connectivity index (χ1) is 6.86. The fourth-order valence-corrected chi connectivity index (χ4v) is 1.56. The molecule has 0 amide bonds. The van der Waals surface area contributed by atoms with E-state index in [1.165, 1.54) is 0 Å². The zero-order valence-electron chi connectivity index (χ0n) is 9.03. The standard InChI is InChI=1S/C11H15NO3/c1-5-4-8(9(12)11(14)15)6(2)7(3)10(5)13/h4,9,13H,12H2,1-3H3,(H,14,15). The molecule has 0 spiro atoms. The molecule has 1 aromatic carbocycles. The van der Waals surface area contributed by atoms with Crippen LogP contribution in [0.5, 0.6) is 5.75 Å². The third kappa shape index (κ3) is 1.94. The maximum atomic E-state index is 10.8. The molecule has 0 saturated heterocycles. The number of carboxylic acid groups (broad SMARTS) is 1. The van der Waals surface area contributed by atoms with Crippen molar-refractivity contribution in [2.75, 3.05) is 0 Å². The van der Waals surface area contributed by atoms with Gasteiger partial charge < -0.3 is 15.9 Å². The zero-order valence-corrected chi connectivity index (χ0v) is 9.03. The van der Waals surface area contributed by atoms with E-state index in [1.54, 1.807) is 26.8 Å². The predicted molar refractivity (Wildman–Crippen MR) is 56.9 cm³/mol. The van der Waals surface area contributed by atoms with Crippen molar-refractivity contribution in [2.24, 2.45) is 5.73 Å². The molecule has 1 aromatic rings. The second kappa shape index (κ2) is 3.90. The number of benzene rings is 1. The summed E-state index contributed by atoms with van der Waals surface area (Å²) in [6.45, 7) is 5.22. The Labute approximate surface area is 88.3 Å². The molecule has 82 valence electrons. The molecule has 1 rings (SSSR count). The summed E-state index contributed by atoms with van der Waals surface area (Å²) in [4.78, 5) is 10.8. The third-order valence-corrected chi connectivity index (χ3v) is 2.70. The molecule has 4 heteroatoms. The Hall–Kier alpha value is -1.55. The van der Waals surface area contributed by atoms with Gasteiger partial charge in [0.05, 0.1) is 0 Å². The zero-order chi connectivity index (χ0) is 11.7. The minimum absolute atomic E-state index is 0.203. The molecular weight excluding hydrogens is 194 g/mol. The van der Waals surface area contributed by atoms with E-state index >= 15 is 0 Å². The molecule has 0 aliphatic heterocycles. The molecule has 0 aliphatic carbocycles. The van der Waals surface area contributed by atoms with Gasteiger partial charge in [-0.05, 0) is 49.1 Å². The maximum absolute atomic E-state index is 10.8. The lowest BCUT2D eigenvalue weighted by molar-refractivity contribution is -0.138. The molecule has 0 saturated carbocycles. The van der Waals surface area contributed by atoms with Gasteiger partial charge in [-0.3, -0.25) is 4.79 Å². The van der Waals surface area contributed by atoms with Crippen molar-refractivity contribution in [3.63, 3.8) is 0 Å². The Bertz CT molecular complexity index is 413. The number of hydrogen-bond acceptors (Lipinski definition) is 3. The molecule has 0 aliphatic rings. The third-order valence-electron chi connectivity index (χ3n) is 2.70. The number of aryl methyl sites for hydroxylation is 1. The van der Waals surface area contributed by atoms with Crippen molar-refractivity contribution in [3.8, 4) is 5.75 Å². The van der Waals surface area contributed by atoms with Crippen LogP contribution in [0.4, 0.5) is 0 Å². The Kier molecular flexibility index (Phi) is 3.00. The van der Waals surface area contributed by atoms with E-state index in [2.05, 4.69) is 0 Å². The van der Waals surface area contributed by atoms with Gasteiger partial charge in [-0.1, -0.05) is 0 Å². The molecular formula is C11H15NO3. The number of nitrogens with two attached hydrogens (primary N) is 1. The number of phenols is 1. The molecule has 0 aromatic heterocycles. The van der Waals surface area contributed by atoms with Gasteiger partial charge in [-0.25, -0.2) is 0 Å².